The predicted molar refractivity (Wildman–Crippen MR) is 110 cm³/mol. The largest absolute Gasteiger partial charge is 0.321 e. The van der Waals surface area contributed by atoms with Crippen molar-refractivity contribution in [3.8, 4) is 0 Å². The Morgan fingerprint density at radius 3 is 2.28 bits per heavy atom. The number of sulfonamides is 2. The summed E-state index contributed by atoms with van der Waals surface area (Å²) >= 11 is 0. The molecule has 29 heavy (non-hydrogen) atoms. The third-order valence-corrected chi connectivity index (χ3v) is 8.46. The summed E-state index contributed by atoms with van der Waals surface area (Å²) in [5.74, 6) is -0.593. The average molecular weight is 438 g/mol. The smallest absolute Gasteiger partial charge is 0.255 e. The third-order valence-electron chi connectivity index (χ3n) is 4.69. The monoisotopic (exact) mass is 437 g/mol. The Labute approximate surface area is 171 Å². The van der Waals surface area contributed by atoms with Crippen LogP contribution in [0.2, 0.25) is 0 Å². The first-order valence-electron chi connectivity index (χ1n) is 9.07. The Morgan fingerprint density at radius 1 is 0.966 bits per heavy atom. The summed E-state index contributed by atoms with van der Waals surface area (Å²) in [5.41, 5.74) is 0.251. The molecule has 0 atom stereocenters. The molecule has 1 saturated heterocycles. The van der Waals surface area contributed by atoms with Crippen LogP contribution >= 0.6 is 0 Å². The fraction of sp³-hybridized carbons (Fsp3) is 0.316. The van der Waals surface area contributed by atoms with E-state index in [2.05, 4.69) is 5.32 Å². The van der Waals surface area contributed by atoms with E-state index in [0.29, 0.717) is 13.1 Å². The van der Waals surface area contributed by atoms with Gasteiger partial charge in [0.05, 0.1) is 10.6 Å². The standard InChI is InChI=1S/C19H23N3O5S2/c1-21(2)29(26,27)18-11-4-3-10-17(18)20-19(23)15-8-7-9-16(14-15)28(24,25)22-12-5-6-13-22/h3-4,7-11,14H,5-6,12-13H2,1-2H3,(H,20,23). The van der Waals surface area contributed by atoms with Crippen LogP contribution in [0.15, 0.2) is 58.3 Å². The molecular formula is C19H23N3O5S2. The first-order chi connectivity index (χ1) is 13.6. The molecule has 0 saturated carbocycles. The third kappa shape index (κ3) is 4.35. The van der Waals surface area contributed by atoms with E-state index in [4.69, 9.17) is 0 Å². The number of carbonyl (C=O) groups excluding carboxylic acids is 1. The van der Waals surface area contributed by atoms with Gasteiger partial charge in [-0.1, -0.05) is 18.2 Å². The lowest BCUT2D eigenvalue weighted by Gasteiger charge is -2.17. The summed E-state index contributed by atoms with van der Waals surface area (Å²) in [7, 11) is -4.61. The minimum Gasteiger partial charge on any atom is -0.321 e. The van der Waals surface area contributed by atoms with Gasteiger partial charge in [-0.3, -0.25) is 4.79 Å². The Balaban J connectivity index is 1.90. The summed E-state index contributed by atoms with van der Waals surface area (Å²) in [5, 5.41) is 2.58. The van der Waals surface area contributed by atoms with E-state index in [0.717, 1.165) is 17.1 Å². The van der Waals surface area contributed by atoms with Crippen molar-refractivity contribution in [2.45, 2.75) is 22.6 Å². The van der Waals surface area contributed by atoms with E-state index < -0.39 is 26.0 Å². The number of carbonyl (C=O) groups is 1. The molecule has 2 aromatic rings. The number of nitrogens with zero attached hydrogens (tertiary/aromatic N) is 2. The van der Waals surface area contributed by atoms with Crippen molar-refractivity contribution in [1.29, 1.82) is 0 Å². The predicted octanol–water partition coefficient (Wildman–Crippen LogP) is 1.97. The quantitative estimate of drug-likeness (QED) is 0.744. The molecular weight excluding hydrogens is 414 g/mol. The Hall–Kier alpha value is -2.27. The van der Waals surface area contributed by atoms with Gasteiger partial charge in [-0.25, -0.2) is 21.1 Å². The molecule has 1 fully saturated rings. The molecule has 10 heteroatoms. The molecule has 3 rings (SSSR count). The van der Waals surface area contributed by atoms with Crippen molar-refractivity contribution in [3.63, 3.8) is 0 Å². The van der Waals surface area contributed by atoms with Crippen LogP contribution in [0.1, 0.15) is 23.2 Å². The highest BCUT2D eigenvalue weighted by atomic mass is 32.2. The first kappa shape index (κ1) is 21.4. The zero-order chi connectivity index (χ0) is 21.2. The highest BCUT2D eigenvalue weighted by molar-refractivity contribution is 7.89. The molecule has 0 bridgehead atoms. The lowest BCUT2D eigenvalue weighted by molar-refractivity contribution is 0.102. The zero-order valence-electron chi connectivity index (χ0n) is 16.2. The lowest BCUT2D eigenvalue weighted by Crippen LogP contribution is -2.28. The summed E-state index contributed by atoms with van der Waals surface area (Å²) in [4.78, 5) is 12.7. The van der Waals surface area contributed by atoms with Gasteiger partial charge in [0.15, 0.2) is 0 Å². The van der Waals surface area contributed by atoms with E-state index in [9.17, 15) is 21.6 Å². The molecule has 1 amide bonds. The second-order valence-electron chi connectivity index (χ2n) is 6.88. The Bertz CT molecular complexity index is 1120. The van der Waals surface area contributed by atoms with Gasteiger partial charge in [0.25, 0.3) is 5.91 Å². The normalized spacial score (nSPS) is 15.6. The maximum Gasteiger partial charge on any atom is 0.255 e. The minimum absolute atomic E-state index is 0.0424. The van der Waals surface area contributed by atoms with E-state index in [1.807, 2.05) is 0 Å². The highest BCUT2D eigenvalue weighted by Gasteiger charge is 2.28. The molecule has 1 N–H and O–H groups in total. The zero-order valence-corrected chi connectivity index (χ0v) is 17.8. The number of hydrogen-bond acceptors (Lipinski definition) is 5. The van der Waals surface area contributed by atoms with Crippen LogP contribution < -0.4 is 5.32 Å². The SMILES string of the molecule is CN(C)S(=O)(=O)c1ccccc1NC(=O)c1cccc(S(=O)(=O)N2CCCC2)c1. The Kier molecular flexibility index (Phi) is 6.08. The van der Waals surface area contributed by atoms with Gasteiger partial charge >= 0.3 is 0 Å². The van der Waals surface area contributed by atoms with Gasteiger partial charge in [-0.05, 0) is 43.2 Å². The molecule has 1 aliphatic rings. The summed E-state index contributed by atoms with van der Waals surface area (Å²) in [6.07, 6.45) is 1.63. The lowest BCUT2D eigenvalue weighted by atomic mass is 10.2. The number of hydrogen-bond donors (Lipinski definition) is 1. The molecule has 1 heterocycles. The number of nitrogens with one attached hydrogen (secondary N) is 1. The van der Waals surface area contributed by atoms with Gasteiger partial charge in [0.1, 0.15) is 4.90 Å². The van der Waals surface area contributed by atoms with E-state index in [1.54, 1.807) is 12.1 Å². The topological polar surface area (TPSA) is 104 Å². The Morgan fingerprint density at radius 2 is 1.62 bits per heavy atom. The number of amides is 1. The van der Waals surface area contributed by atoms with E-state index >= 15 is 0 Å². The summed E-state index contributed by atoms with van der Waals surface area (Å²) < 4.78 is 52.9. The molecule has 1 aliphatic heterocycles. The maximum absolute atomic E-state index is 12.7. The second-order valence-corrected chi connectivity index (χ2v) is 10.9. The van der Waals surface area contributed by atoms with E-state index in [-0.39, 0.29) is 21.0 Å². The fourth-order valence-electron chi connectivity index (χ4n) is 3.06. The van der Waals surface area contributed by atoms with Gasteiger partial charge < -0.3 is 5.32 Å². The van der Waals surface area contributed by atoms with Crippen molar-refractivity contribution in [2.24, 2.45) is 0 Å². The van der Waals surface area contributed by atoms with Crippen molar-refractivity contribution in [3.05, 3.63) is 54.1 Å². The number of rotatable bonds is 6. The van der Waals surface area contributed by atoms with Gasteiger partial charge in [-0.15, -0.1) is 0 Å². The van der Waals surface area contributed by atoms with Crippen LogP contribution in [0, 0.1) is 0 Å². The second kappa shape index (κ2) is 8.23. The van der Waals surface area contributed by atoms with Crippen LogP contribution in [0.4, 0.5) is 5.69 Å². The number of para-hydroxylation sites is 1. The summed E-state index contributed by atoms with van der Waals surface area (Å²) in [6, 6.07) is 11.8. The summed E-state index contributed by atoms with van der Waals surface area (Å²) in [6.45, 7) is 0.934. The molecule has 156 valence electrons. The van der Waals surface area contributed by atoms with Gasteiger partial charge in [0, 0.05) is 32.7 Å². The number of anilines is 1. The van der Waals surface area contributed by atoms with Crippen molar-refractivity contribution in [2.75, 3.05) is 32.5 Å². The molecule has 0 unspecified atom stereocenters. The molecule has 0 aromatic heterocycles. The van der Waals surface area contributed by atoms with Crippen LogP contribution in [-0.2, 0) is 20.0 Å². The average Bonchev–Trinajstić information content (AvgIpc) is 3.24. The van der Waals surface area contributed by atoms with Crippen molar-refractivity contribution >= 4 is 31.6 Å². The molecule has 2 aromatic carbocycles. The molecule has 8 nitrogen and oxygen atoms in total. The van der Waals surface area contributed by atoms with Crippen molar-refractivity contribution in [1.82, 2.24) is 8.61 Å². The van der Waals surface area contributed by atoms with E-state index in [1.165, 1.54) is 54.8 Å². The van der Waals surface area contributed by atoms with Crippen molar-refractivity contribution < 1.29 is 21.6 Å². The minimum atomic E-state index is -3.76. The maximum atomic E-state index is 12.7. The van der Waals surface area contributed by atoms with Gasteiger partial charge in [-0.2, -0.15) is 4.31 Å². The van der Waals surface area contributed by atoms with Crippen LogP contribution in [0.3, 0.4) is 0 Å². The highest BCUT2D eigenvalue weighted by Crippen LogP contribution is 2.25. The van der Waals surface area contributed by atoms with Gasteiger partial charge in [0.2, 0.25) is 20.0 Å². The van der Waals surface area contributed by atoms with Crippen LogP contribution in [0.25, 0.3) is 0 Å². The molecule has 0 spiro atoms. The molecule has 0 radical (unpaired) electrons. The number of benzene rings is 2. The van der Waals surface area contributed by atoms with Crippen LogP contribution in [-0.4, -0.2) is 58.5 Å². The fourth-order valence-corrected chi connectivity index (χ4v) is 5.67. The molecule has 0 aliphatic carbocycles. The first-order valence-corrected chi connectivity index (χ1v) is 11.9. The van der Waals surface area contributed by atoms with Crippen LogP contribution in [0.5, 0.6) is 0 Å².